The fourth-order valence-electron chi connectivity index (χ4n) is 5.49. The molecule has 0 bridgehead atoms. The standard InChI is InChI=1S/C24H29N3O2/c1-16-7-3-4-10-19(16)22-20-15-26(24(29)21-11-6-12-25(21)2)13-18(20)14-27(22)23(28)17-8-5-9-17/h3-4,6-7,10-12,17-18,20,22H,5,8-9,13-15H2,1-2H3/t18-,20-,22+/m0/s1. The van der Waals surface area contributed by atoms with E-state index < -0.39 is 0 Å². The van der Waals surface area contributed by atoms with E-state index in [1.807, 2.05) is 34.8 Å². The summed E-state index contributed by atoms with van der Waals surface area (Å²) in [6, 6.07) is 12.3. The van der Waals surface area contributed by atoms with Gasteiger partial charge in [0.1, 0.15) is 5.69 Å². The summed E-state index contributed by atoms with van der Waals surface area (Å²) in [6.45, 7) is 4.38. The van der Waals surface area contributed by atoms with Crippen molar-refractivity contribution in [1.29, 1.82) is 0 Å². The molecule has 2 aliphatic heterocycles. The smallest absolute Gasteiger partial charge is 0.270 e. The zero-order valence-corrected chi connectivity index (χ0v) is 17.3. The number of aryl methyl sites for hydroxylation is 2. The maximum Gasteiger partial charge on any atom is 0.270 e. The highest BCUT2D eigenvalue weighted by Gasteiger charge is 2.51. The third-order valence-electron chi connectivity index (χ3n) is 7.36. The van der Waals surface area contributed by atoms with Crippen LogP contribution in [-0.4, -0.2) is 45.8 Å². The van der Waals surface area contributed by atoms with Crippen LogP contribution < -0.4 is 0 Å². The molecule has 3 fully saturated rings. The number of amides is 2. The summed E-state index contributed by atoms with van der Waals surface area (Å²) in [5.41, 5.74) is 3.22. The van der Waals surface area contributed by atoms with Crippen molar-refractivity contribution in [2.24, 2.45) is 24.8 Å². The molecule has 1 aromatic heterocycles. The normalized spacial score (nSPS) is 26.5. The lowest BCUT2D eigenvalue weighted by atomic mass is 9.83. The van der Waals surface area contributed by atoms with Crippen molar-refractivity contribution in [3.63, 3.8) is 0 Å². The van der Waals surface area contributed by atoms with Crippen molar-refractivity contribution in [2.75, 3.05) is 19.6 Å². The zero-order chi connectivity index (χ0) is 20.1. The molecule has 152 valence electrons. The molecular formula is C24H29N3O2. The minimum absolute atomic E-state index is 0.0838. The van der Waals surface area contributed by atoms with Crippen LogP contribution in [0.3, 0.4) is 0 Å². The van der Waals surface area contributed by atoms with Gasteiger partial charge in [-0.25, -0.2) is 0 Å². The summed E-state index contributed by atoms with van der Waals surface area (Å²) in [5, 5.41) is 0. The van der Waals surface area contributed by atoms with Crippen LogP contribution in [0.25, 0.3) is 0 Å². The van der Waals surface area contributed by atoms with Crippen LogP contribution in [0.1, 0.15) is 46.9 Å². The van der Waals surface area contributed by atoms with Gasteiger partial charge in [0.25, 0.3) is 5.91 Å². The van der Waals surface area contributed by atoms with Crippen LogP contribution in [0.2, 0.25) is 0 Å². The molecule has 1 aromatic carbocycles. The molecule has 0 radical (unpaired) electrons. The molecule has 5 heteroatoms. The maximum atomic E-state index is 13.2. The molecule has 2 saturated heterocycles. The average molecular weight is 392 g/mol. The number of nitrogens with zero attached hydrogens (tertiary/aromatic N) is 3. The molecule has 2 aromatic rings. The Balaban J connectivity index is 1.44. The van der Waals surface area contributed by atoms with E-state index in [2.05, 4.69) is 36.1 Å². The van der Waals surface area contributed by atoms with Crippen molar-refractivity contribution < 1.29 is 9.59 Å². The first kappa shape index (κ1) is 18.5. The van der Waals surface area contributed by atoms with Crippen molar-refractivity contribution in [3.05, 3.63) is 59.4 Å². The predicted molar refractivity (Wildman–Crippen MR) is 111 cm³/mol. The molecule has 1 aliphatic carbocycles. The second-order valence-corrected chi connectivity index (χ2v) is 9.06. The van der Waals surface area contributed by atoms with Crippen LogP contribution in [0.15, 0.2) is 42.6 Å². The number of rotatable bonds is 3. The number of likely N-dealkylation sites (tertiary alicyclic amines) is 2. The molecule has 0 N–H and O–H groups in total. The Kier molecular flexibility index (Phi) is 4.49. The summed E-state index contributed by atoms with van der Waals surface area (Å²) in [6.07, 6.45) is 5.15. The van der Waals surface area contributed by atoms with Gasteiger partial charge < -0.3 is 14.4 Å². The topological polar surface area (TPSA) is 45.6 Å². The van der Waals surface area contributed by atoms with Crippen LogP contribution in [0.4, 0.5) is 0 Å². The molecule has 5 rings (SSSR count). The SMILES string of the molecule is Cc1ccccc1[C@@H]1[C@H]2CN(C(=O)c3cccn3C)C[C@H]2CN1C(=O)C1CCC1. The Morgan fingerprint density at radius 1 is 1.00 bits per heavy atom. The first-order chi connectivity index (χ1) is 14.0. The second kappa shape index (κ2) is 7.05. The number of hydrogen-bond donors (Lipinski definition) is 0. The quantitative estimate of drug-likeness (QED) is 0.805. The van der Waals surface area contributed by atoms with Crippen molar-refractivity contribution in [2.45, 2.75) is 32.2 Å². The molecule has 3 aliphatic rings. The lowest BCUT2D eigenvalue weighted by Gasteiger charge is -2.35. The van der Waals surface area contributed by atoms with E-state index in [4.69, 9.17) is 0 Å². The number of benzene rings is 1. The Hall–Kier alpha value is -2.56. The van der Waals surface area contributed by atoms with E-state index in [1.54, 1.807) is 0 Å². The van der Waals surface area contributed by atoms with Crippen LogP contribution in [-0.2, 0) is 11.8 Å². The van der Waals surface area contributed by atoms with Gasteiger partial charge in [-0.3, -0.25) is 9.59 Å². The lowest BCUT2D eigenvalue weighted by molar-refractivity contribution is -0.139. The molecule has 3 atom stereocenters. The van der Waals surface area contributed by atoms with Crippen LogP contribution in [0, 0.1) is 24.7 Å². The van der Waals surface area contributed by atoms with Crippen molar-refractivity contribution >= 4 is 11.8 Å². The first-order valence-corrected chi connectivity index (χ1v) is 10.8. The number of carbonyl (C=O) groups is 2. The average Bonchev–Trinajstić information content (AvgIpc) is 3.34. The first-order valence-electron chi connectivity index (χ1n) is 10.8. The fraction of sp³-hybridized carbons (Fsp3) is 0.500. The molecule has 29 heavy (non-hydrogen) atoms. The van der Waals surface area contributed by atoms with Gasteiger partial charge in [0.15, 0.2) is 0 Å². The van der Waals surface area contributed by atoms with Gasteiger partial charge >= 0.3 is 0 Å². The van der Waals surface area contributed by atoms with Gasteiger partial charge in [-0.2, -0.15) is 0 Å². The number of fused-ring (bicyclic) bond motifs is 1. The van der Waals surface area contributed by atoms with Gasteiger partial charge in [-0.05, 0) is 43.0 Å². The Bertz CT molecular complexity index is 945. The minimum atomic E-state index is 0.0838. The minimum Gasteiger partial charge on any atom is -0.347 e. The maximum absolute atomic E-state index is 13.2. The molecular weight excluding hydrogens is 362 g/mol. The molecule has 2 amide bonds. The van der Waals surface area contributed by atoms with Crippen molar-refractivity contribution in [1.82, 2.24) is 14.4 Å². The van der Waals surface area contributed by atoms with E-state index >= 15 is 0 Å². The highest BCUT2D eigenvalue weighted by atomic mass is 16.2. The third kappa shape index (κ3) is 2.98. The van der Waals surface area contributed by atoms with Gasteiger partial charge in [0.05, 0.1) is 6.04 Å². The molecule has 0 spiro atoms. The molecule has 1 saturated carbocycles. The largest absolute Gasteiger partial charge is 0.347 e. The van der Waals surface area contributed by atoms with Gasteiger partial charge in [-0.15, -0.1) is 0 Å². The Morgan fingerprint density at radius 3 is 2.45 bits per heavy atom. The van der Waals surface area contributed by atoms with Gasteiger partial charge in [0, 0.05) is 50.6 Å². The third-order valence-corrected chi connectivity index (χ3v) is 7.36. The fourth-order valence-corrected chi connectivity index (χ4v) is 5.49. The number of hydrogen-bond acceptors (Lipinski definition) is 2. The summed E-state index contributed by atoms with van der Waals surface area (Å²) in [5.74, 6) is 1.31. The predicted octanol–water partition coefficient (Wildman–Crippen LogP) is 3.41. The van der Waals surface area contributed by atoms with E-state index in [1.165, 1.54) is 17.5 Å². The summed E-state index contributed by atoms with van der Waals surface area (Å²) in [4.78, 5) is 30.5. The second-order valence-electron chi connectivity index (χ2n) is 9.06. The summed E-state index contributed by atoms with van der Waals surface area (Å²) in [7, 11) is 1.92. The number of aromatic nitrogens is 1. The summed E-state index contributed by atoms with van der Waals surface area (Å²) < 4.78 is 1.89. The van der Waals surface area contributed by atoms with Gasteiger partial charge in [-0.1, -0.05) is 30.7 Å². The van der Waals surface area contributed by atoms with E-state index in [9.17, 15) is 9.59 Å². The van der Waals surface area contributed by atoms with E-state index in [0.717, 1.165) is 38.2 Å². The number of carbonyl (C=O) groups excluding carboxylic acids is 2. The Labute approximate surface area is 172 Å². The molecule has 3 heterocycles. The molecule has 0 unspecified atom stereocenters. The monoisotopic (exact) mass is 391 g/mol. The van der Waals surface area contributed by atoms with E-state index in [-0.39, 0.29) is 17.9 Å². The van der Waals surface area contributed by atoms with Crippen LogP contribution in [0.5, 0.6) is 0 Å². The lowest BCUT2D eigenvalue weighted by Crippen LogP contribution is -2.42. The molecule has 5 nitrogen and oxygen atoms in total. The highest BCUT2D eigenvalue weighted by molar-refractivity contribution is 5.93. The van der Waals surface area contributed by atoms with Crippen LogP contribution >= 0.6 is 0 Å². The van der Waals surface area contributed by atoms with Gasteiger partial charge in [0.2, 0.25) is 5.91 Å². The Morgan fingerprint density at radius 2 is 1.79 bits per heavy atom. The summed E-state index contributed by atoms with van der Waals surface area (Å²) >= 11 is 0. The highest BCUT2D eigenvalue weighted by Crippen LogP contribution is 2.47. The van der Waals surface area contributed by atoms with Crippen molar-refractivity contribution in [3.8, 4) is 0 Å². The van der Waals surface area contributed by atoms with E-state index in [0.29, 0.717) is 17.7 Å². The zero-order valence-electron chi connectivity index (χ0n) is 17.3.